The molecule has 7 aromatic carbocycles. The maximum absolute atomic E-state index is 2.42. The molecule has 0 bridgehead atoms. The molecule has 0 unspecified atom stereocenters. The van der Waals surface area contributed by atoms with Crippen molar-refractivity contribution in [2.45, 2.75) is 19.3 Å². The molecule has 1 aliphatic rings. The van der Waals surface area contributed by atoms with Gasteiger partial charge in [0.05, 0.1) is 0 Å². The second-order valence-electron chi connectivity index (χ2n) is 11.5. The molecule has 0 saturated heterocycles. The Labute approximate surface area is 234 Å². The number of hydrogen-bond acceptors (Lipinski definition) is 1. The molecule has 0 atom stereocenters. The summed E-state index contributed by atoms with van der Waals surface area (Å²) in [5.41, 5.74) is 8.88. The molecular formula is C39H29N. The molecule has 0 amide bonds. The van der Waals surface area contributed by atoms with Gasteiger partial charge in [-0.2, -0.15) is 0 Å². The van der Waals surface area contributed by atoms with Crippen molar-refractivity contribution in [2.24, 2.45) is 0 Å². The van der Waals surface area contributed by atoms with E-state index in [1.807, 2.05) is 0 Å². The zero-order valence-electron chi connectivity index (χ0n) is 22.7. The summed E-state index contributed by atoms with van der Waals surface area (Å²) < 4.78 is 0. The average molecular weight is 512 g/mol. The van der Waals surface area contributed by atoms with Gasteiger partial charge in [0, 0.05) is 22.5 Å². The lowest BCUT2D eigenvalue weighted by Gasteiger charge is -2.28. The van der Waals surface area contributed by atoms with Crippen LogP contribution >= 0.6 is 0 Å². The lowest BCUT2D eigenvalue weighted by atomic mass is 9.81. The molecular weight excluding hydrogens is 482 g/mol. The molecule has 8 rings (SSSR count). The van der Waals surface area contributed by atoms with Gasteiger partial charge in [0.15, 0.2) is 0 Å². The fourth-order valence-electron chi connectivity index (χ4n) is 6.63. The smallest absolute Gasteiger partial charge is 0.0468 e. The summed E-state index contributed by atoms with van der Waals surface area (Å²) in [6.07, 6.45) is 0. The van der Waals surface area contributed by atoms with E-state index in [9.17, 15) is 0 Å². The van der Waals surface area contributed by atoms with Crippen LogP contribution in [-0.2, 0) is 5.41 Å². The van der Waals surface area contributed by atoms with Crippen LogP contribution in [0.5, 0.6) is 0 Å². The number of fused-ring (bicyclic) bond motifs is 6. The molecule has 0 radical (unpaired) electrons. The number of benzene rings is 7. The van der Waals surface area contributed by atoms with Crippen LogP contribution in [0.1, 0.15) is 25.0 Å². The van der Waals surface area contributed by atoms with Gasteiger partial charge in [-0.25, -0.2) is 0 Å². The first-order valence-electron chi connectivity index (χ1n) is 14.0. The largest absolute Gasteiger partial charge is 0.310 e. The minimum atomic E-state index is -0.0941. The van der Waals surface area contributed by atoms with Crippen molar-refractivity contribution in [1.82, 2.24) is 0 Å². The van der Waals surface area contributed by atoms with E-state index in [0.717, 1.165) is 11.4 Å². The van der Waals surface area contributed by atoms with Gasteiger partial charge in [0.2, 0.25) is 0 Å². The molecule has 0 spiro atoms. The fraction of sp³-hybridized carbons (Fsp3) is 0.0769. The summed E-state index contributed by atoms with van der Waals surface area (Å²) in [6.45, 7) is 4.74. The van der Waals surface area contributed by atoms with Crippen LogP contribution in [0, 0.1) is 0 Å². The minimum Gasteiger partial charge on any atom is -0.310 e. The van der Waals surface area contributed by atoms with E-state index >= 15 is 0 Å². The molecule has 40 heavy (non-hydrogen) atoms. The van der Waals surface area contributed by atoms with Crippen molar-refractivity contribution in [1.29, 1.82) is 0 Å². The van der Waals surface area contributed by atoms with E-state index in [2.05, 4.69) is 158 Å². The molecule has 0 fully saturated rings. The van der Waals surface area contributed by atoms with E-state index in [0.29, 0.717) is 0 Å². The Morgan fingerprint density at radius 3 is 1.38 bits per heavy atom. The molecule has 7 aromatic rings. The summed E-state index contributed by atoms with van der Waals surface area (Å²) >= 11 is 0. The van der Waals surface area contributed by atoms with Crippen LogP contribution in [0.4, 0.5) is 17.1 Å². The van der Waals surface area contributed by atoms with Crippen LogP contribution in [0.2, 0.25) is 0 Å². The van der Waals surface area contributed by atoms with E-state index in [4.69, 9.17) is 0 Å². The van der Waals surface area contributed by atoms with E-state index < -0.39 is 0 Å². The zero-order valence-corrected chi connectivity index (χ0v) is 22.7. The van der Waals surface area contributed by atoms with E-state index in [1.54, 1.807) is 0 Å². The predicted octanol–water partition coefficient (Wildman–Crippen LogP) is 10.9. The van der Waals surface area contributed by atoms with E-state index in [1.165, 1.54) is 60.3 Å². The second-order valence-corrected chi connectivity index (χ2v) is 11.5. The predicted molar refractivity (Wildman–Crippen MR) is 171 cm³/mol. The Kier molecular flexibility index (Phi) is 4.93. The van der Waals surface area contributed by atoms with Crippen molar-refractivity contribution in [3.8, 4) is 11.1 Å². The van der Waals surface area contributed by atoms with Crippen LogP contribution in [0.25, 0.3) is 43.4 Å². The molecule has 0 heterocycles. The van der Waals surface area contributed by atoms with Crippen molar-refractivity contribution in [2.75, 3.05) is 4.90 Å². The summed E-state index contributed by atoms with van der Waals surface area (Å²) in [5.74, 6) is 0. The summed E-state index contributed by atoms with van der Waals surface area (Å²) in [6, 6.07) is 51.3. The van der Waals surface area contributed by atoms with Gasteiger partial charge >= 0.3 is 0 Å². The molecule has 190 valence electrons. The number of nitrogens with zero attached hydrogens (tertiary/aromatic N) is 1. The maximum atomic E-state index is 2.42. The fourth-order valence-corrected chi connectivity index (χ4v) is 6.63. The molecule has 0 N–H and O–H groups in total. The Balaban J connectivity index is 1.34. The topological polar surface area (TPSA) is 3.24 Å². The van der Waals surface area contributed by atoms with Crippen molar-refractivity contribution in [3.05, 3.63) is 151 Å². The van der Waals surface area contributed by atoms with Crippen molar-refractivity contribution >= 4 is 49.4 Å². The Hall–Kier alpha value is -4.88. The number of rotatable bonds is 3. The maximum Gasteiger partial charge on any atom is 0.0468 e. The average Bonchev–Trinajstić information content (AvgIpc) is 3.21. The van der Waals surface area contributed by atoms with Gasteiger partial charge in [0.25, 0.3) is 0 Å². The highest BCUT2D eigenvalue weighted by Crippen LogP contribution is 2.51. The van der Waals surface area contributed by atoms with Crippen LogP contribution < -0.4 is 4.90 Å². The lowest BCUT2D eigenvalue weighted by Crippen LogP contribution is -2.16. The highest BCUT2D eigenvalue weighted by atomic mass is 15.1. The first kappa shape index (κ1) is 23.0. The summed E-state index contributed by atoms with van der Waals surface area (Å²) in [4.78, 5) is 2.41. The highest BCUT2D eigenvalue weighted by Gasteiger charge is 2.36. The third-order valence-electron chi connectivity index (χ3n) is 8.77. The van der Waals surface area contributed by atoms with Crippen LogP contribution in [0.15, 0.2) is 140 Å². The van der Waals surface area contributed by atoms with Crippen LogP contribution in [-0.4, -0.2) is 0 Å². The van der Waals surface area contributed by atoms with Gasteiger partial charge in [-0.1, -0.05) is 105 Å². The van der Waals surface area contributed by atoms with Gasteiger partial charge in [-0.15, -0.1) is 0 Å². The second kappa shape index (κ2) is 8.56. The monoisotopic (exact) mass is 511 g/mol. The molecule has 1 aliphatic carbocycles. The molecule has 0 aliphatic heterocycles. The Morgan fingerprint density at radius 1 is 0.375 bits per heavy atom. The normalized spacial score (nSPS) is 13.4. The van der Waals surface area contributed by atoms with Crippen LogP contribution in [0.3, 0.4) is 0 Å². The van der Waals surface area contributed by atoms with Gasteiger partial charge in [-0.05, 0) is 103 Å². The Bertz CT molecular complexity index is 2020. The molecule has 0 saturated carbocycles. The number of hydrogen-bond donors (Lipinski definition) is 0. The quantitative estimate of drug-likeness (QED) is 0.228. The minimum absolute atomic E-state index is 0.0941. The van der Waals surface area contributed by atoms with Gasteiger partial charge in [0.1, 0.15) is 0 Å². The molecule has 1 nitrogen and oxygen atoms in total. The SMILES string of the molecule is CC1(C)c2cc(N(c3ccc4ccccc4c3)c3ccc4ccccc4c3)ccc2-c2cc3ccccc3cc21. The lowest BCUT2D eigenvalue weighted by molar-refractivity contribution is 0.661. The van der Waals surface area contributed by atoms with Gasteiger partial charge < -0.3 is 4.90 Å². The van der Waals surface area contributed by atoms with Crippen molar-refractivity contribution in [3.63, 3.8) is 0 Å². The first-order valence-corrected chi connectivity index (χ1v) is 14.0. The highest BCUT2D eigenvalue weighted by molar-refractivity contribution is 5.96. The standard InChI is InChI=1S/C39H29N/c1-39(2)37-24-31-14-8-7-13-30(31)23-36(37)35-20-19-34(25-38(35)39)40(32-17-15-26-9-3-5-11-28(26)21-32)33-18-16-27-10-4-6-12-29(27)22-33/h3-25H,1-2H3. The van der Waals surface area contributed by atoms with Crippen molar-refractivity contribution < 1.29 is 0 Å². The molecule has 1 heteroatoms. The first-order chi connectivity index (χ1) is 19.6. The van der Waals surface area contributed by atoms with E-state index in [-0.39, 0.29) is 5.41 Å². The third-order valence-corrected chi connectivity index (χ3v) is 8.77. The zero-order chi connectivity index (χ0) is 26.8. The molecule has 0 aromatic heterocycles. The Morgan fingerprint density at radius 2 is 0.800 bits per heavy atom. The van der Waals surface area contributed by atoms with Gasteiger partial charge in [-0.3, -0.25) is 0 Å². The number of anilines is 3. The summed E-state index contributed by atoms with van der Waals surface area (Å²) in [5, 5.41) is 7.58. The summed E-state index contributed by atoms with van der Waals surface area (Å²) in [7, 11) is 0. The third kappa shape index (κ3) is 3.48.